The van der Waals surface area contributed by atoms with Crippen molar-refractivity contribution < 1.29 is 33.2 Å². The van der Waals surface area contributed by atoms with E-state index in [-0.39, 0.29) is 0 Å². The Morgan fingerprint density at radius 3 is 2.43 bits per heavy atom. The SMILES string of the molecule is CC1(C)O[C@H]2O[C@H]([C@H]3COC(C)(C)O3)[C@H](OC(=O)c3ccc4ccccc4c3)[C@H]2O1. The Morgan fingerprint density at radius 1 is 0.933 bits per heavy atom. The first-order valence-corrected chi connectivity index (χ1v) is 10.2. The lowest BCUT2D eigenvalue weighted by Crippen LogP contribution is -2.45. The lowest BCUT2D eigenvalue weighted by molar-refractivity contribution is -0.232. The van der Waals surface area contributed by atoms with E-state index in [1.807, 2.05) is 64.1 Å². The third-order valence-corrected chi connectivity index (χ3v) is 5.65. The summed E-state index contributed by atoms with van der Waals surface area (Å²) < 4.78 is 35.6. The van der Waals surface area contributed by atoms with E-state index in [1.165, 1.54) is 0 Å². The van der Waals surface area contributed by atoms with Crippen LogP contribution >= 0.6 is 0 Å². The molecule has 0 amide bonds. The molecule has 160 valence electrons. The van der Waals surface area contributed by atoms with Crippen LogP contribution in [0.5, 0.6) is 0 Å². The fourth-order valence-corrected chi connectivity index (χ4v) is 4.32. The topological polar surface area (TPSA) is 72.5 Å². The normalized spacial score (nSPS) is 34.2. The predicted molar refractivity (Wildman–Crippen MR) is 107 cm³/mol. The molecule has 0 spiro atoms. The second kappa shape index (κ2) is 7.00. The number of hydrogen-bond donors (Lipinski definition) is 0. The lowest BCUT2D eigenvalue weighted by atomic mass is 10.0. The summed E-state index contributed by atoms with van der Waals surface area (Å²) >= 11 is 0. The fraction of sp³-hybridized carbons (Fsp3) is 0.522. The van der Waals surface area contributed by atoms with Crippen molar-refractivity contribution in [2.24, 2.45) is 0 Å². The third-order valence-electron chi connectivity index (χ3n) is 5.65. The highest BCUT2D eigenvalue weighted by atomic mass is 16.8. The Balaban J connectivity index is 1.40. The largest absolute Gasteiger partial charge is 0.453 e. The van der Waals surface area contributed by atoms with Crippen molar-refractivity contribution in [2.75, 3.05) is 6.61 Å². The van der Waals surface area contributed by atoms with Crippen molar-refractivity contribution in [2.45, 2.75) is 70.0 Å². The molecule has 0 N–H and O–H groups in total. The van der Waals surface area contributed by atoms with Gasteiger partial charge in [-0.15, -0.1) is 0 Å². The maximum Gasteiger partial charge on any atom is 0.338 e. The van der Waals surface area contributed by atoms with Crippen LogP contribution in [0.4, 0.5) is 0 Å². The van der Waals surface area contributed by atoms with E-state index in [1.54, 1.807) is 6.07 Å². The van der Waals surface area contributed by atoms with Gasteiger partial charge >= 0.3 is 5.97 Å². The molecule has 2 aromatic carbocycles. The predicted octanol–water partition coefficient (Wildman–Crippen LogP) is 3.39. The summed E-state index contributed by atoms with van der Waals surface area (Å²) in [4.78, 5) is 13.0. The van der Waals surface area contributed by atoms with Gasteiger partial charge in [-0.1, -0.05) is 30.3 Å². The number of ether oxygens (including phenoxy) is 6. The summed E-state index contributed by atoms with van der Waals surface area (Å²) in [7, 11) is 0. The molecule has 3 aliphatic rings. The molecule has 2 aromatic rings. The summed E-state index contributed by atoms with van der Waals surface area (Å²) in [6.07, 6.45) is -2.80. The van der Waals surface area contributed by atoms with Gasteiger partial charge in [0.1, 0.15) is 12.2 Å². The van der Waals surface area contributed by atoms with Crippen LogP contribution in [-0.4, -0.2) is 54.9 Å². The van der Waals surface area contributed by atoms with Crippen molar-refractivity contribution >= 4 is 16.7 Å². The summed E-state index contributed by atoms with van der Waals surface area (Å²) in [6, 6.07) is 13.4. The molecule has 3 aliphatic heterocycles. The van der Waals surface area contributed by atoms with E-state index in [2.05, 4.69) is 0 Å². The van der Waals surface area contributed by atoms with Gasteiger partial charge in [-0.05, 0) is 50.6 Å². The minimum Gasteiger partial charge on any atom is -0.453 e. The monoisotopic (exact) mass is 414 g/mol. The molecule has 7 nitrogen and oxygen atoms in total. The molecule has 0 unspecified atom stereocenters. The first kappa shape index (κ1) is 19.9. The van der Waals surface area contributed by atoms with E-state index in [9.17, 15) is 4.79 Å². The van der Waals surface area contributed by atoms with Gasteiger partial charge in [-0.25, -0.2) is 4.79 Å². The van der Waals surface area contributed by atoms with Crippen LogP contribution in [0.3, 0.4) is 0 Å². The Bertz CT molecular complexity index is 969. The van der Waals surface area contributed by atoms with Crippen LogP contribution in [0.15, 0.2) is 42.5 Å². The minimum absolute atomic E-state index is 0.338. The van der Waals surface area contributed by atoms with Gasteiger partial charge < -0.3 is 28.4 Å². The van der Waals surface area contributed by atoms with Gasteiger partial charge in [0, 0.05) is 0 Å². The molecular formula is C23H26O7. The molecular weight excluding hydrogens is 388 g/mol. The van der Waals surface area contributed by atoms with Crippen molar-refractivity contribution in [1.82, 2.24) is 0 Å². The maximum atomic E-state index is 13.0. The maximum absolute atomic E-state index is 13.0. The average Bonchev–Trinajstić information content (AvgIpc) is 3.31. The summed E-state index contributed by atoms with van der Waals surface area (Å²) in [5.74, 6) is -1.98. The van der Waals surface area contributed by atoms with Crippen LogP contribution in [0, 0.1) is 0 Å². The zero-order valence-electron chi connectivity index (χ0n) is 17.5. The summed E-state index contributed by atoms with van der Waals surface area (Å²) in [5, 5.41) is 2.03. The van der Waals surface area contributed by atoms with E-state index in [4.69, 9.17) is 28.4 Å². The number of hydrogen-bond acceptors (Lipinski definition) is 7. The summed E-state index contributed by atoms with van der Waals surface area (Å²) in [6.45, 7) is 7.64. The second-order valence-corrected chi connectivity index (χ2v) is 8.87. The van der Waals surface area contributed by atoms with E-state index < -0.39 is 48.2 Å². The molecule has 3 fully saturated rings. The van der Waals surface area contributed by atoms with Gasteiger partial charge in [-0.2, -0.15) is 0 Å². The molecule has 5 atom stereocenters. The van der Waals surface area contributed by atoms with Gasteiger partial charge in [0.25, 0.3) is 0 Å². The zero-order chi connectivity index (χ0) is 21.1. The van der Waals surface area contributed by atoms with Crippen LogP contribution < -0.4 is 0 Å². The van der Waals surface area contributed by atoms with Crippen LogP contribution in [-0.2, 0) is 28.4 Å². The minimum atomic E-state index is -0.819. The highest BCUT2D eigenvalue weighted by molar-refractivity contribution is 5.95. The van der Waals surface area contributed by atoms with Gasteiger partial charge in [0.05, 0.1) is 12.2 Å². The van der Waals surface area contributed by atoms with Crippen molar-refractivity contribution in [1.29, 1.82) is 0 Å². The Labute approximate surface area is 175 Å². The molecule has 5 rings (SSSR count). The van der Waals surface area contributed by atoms with Crippen LogP contribution in [0.1, 0.15) is 38.1 Å². The molecule has 0 aliphatic carbocycles. The number of benzene rings is 2. The first-order chi connectivity index (χ1) is 14.2. The molecule has 0 saturated carbocycles. The van der Waals surface area contributed by atoms with Gasteiger partial charge in [0.15, 0.2) is 30.1 Å². The van der Waals surface area contributed by atoms with E-state index in [0.29, 0.717) is 12.2 Å². The Hall–Kier alpha value is -2.03. The van der Waals surface area contributed by atoms with E-state index >= 15 is 0 Å². The Kier molecular flexibility index (Phi) is 4.65. The molecule has 7 heteroatoms. The fourth-order valence-electron chi connectivity index (χ4n) is 4.32. The molecule has 3 saturated heterocycles. The molecule has 30 heavy (non-hydrogen) atoms. The first-order valence-electron chi connectivity index (χ1n) is 10.2. The van der Waals surface area contributed by atoms with E-state index in [0.717, 1.165) is 10.8 Å². The molecule has 0 bridgehead atoms. The number of rotatable bonds is 3. The van der Waals surface area contributed by atoms with Crippen molar-refractivity contribution in [3.05, 3.63) is 48.0 Å². The standard InChI is InChI=1S/C23H26O7/c1-22(2)25-12-16(28-22)17-18(19-21(27-17)30-23(3,4)29-19)26-20(24)15-10-9-13-7-5-6-8-14(13)11-15/h5-11,16-19,21H,12H2,1-4H3/t16-,17-,18+,19-,21-/m1/s1. The molecule has 0 aromatic heterocycles. The van der Waals surface area contributed by atoms with Crippen LogP contribution in [0.25, 0.3) is 10.8 Å². The third kappa shape index (κ3) is 3.61. The second-order valence-electron chi connectivity index (χ2n) is 8.87. The smallest absolute Gasteiger partial charge is 0.338 e. The number of esters is 1. The zero-order valence-corrected chi connectivity index (χ0v) is 17.5. The number of fused-ring (bicyclic) bond motifs is 2. The van der Waals surface area contributed by atoms with Crippen molar-refractivity contribution in [3.63, 3.8) is 0 Å². The van der Waals surface area contributed by atoms with Crippen molar-refractivity contribution in [3.8, 4) is 0 Å². The van der Waals surface area contributed by atoms with Crippen LogP contribution in [0.2, 0.25) is 0 Å². The van der Waals surface area contributed by atoms with Gasteiger partial charge in [-0.3, -0.25) is 0 Å². The highest BCUT2D eigenvalue weighted by Gasteiger charge is 2.60. The summed E-state index contributed by atoms with van der Waals surface area (Å²) in [5.41, 5.74) is 0.470. The Morgan fingerprint density at radius 2 is 1.70 bits per heavy atom. The quantitative estimate of drug-likeness (QED) is 0.713. The molecule has 3 heterocycles. The average molecular weight is 414 g/mol. The van der Waals surface area contributed by atoms with Gasteiger partial charge in [0.2, 0.25) is 0 Å². The lowest BCUT2D eigenvalue weighted by Gasteiger charge is -2.28. The number of carbonyl (C=O) groups excluding carboxylic acids is 1. The molecule has 0 radical (unpaired) electrons. The number of carbonyl (C=O) groups is 1. The highest BCUT2D eigenvalue weighted by Crippen LogP contribution is 2.42.